The second-order valence-corrected chi connectivity index (χ2v) is 4.86. The number of carbonyl (C=O) groups excluding carboxylic acids is 1. The Morgan fingerprint density at radius 1 is 1.37 bits per heavy atom. The number of hydrogen-bond donors (Lipinski definition) is 4. The molecule has 106 valence electrons. The maximum Gasteiger partial charge on any atom is 0.227 e. The zero-order chi connectivity index (χ0) is 14.5. The van der Waals surface area contributed by atoms with Crippen LogP contribution in [-0.4, -0.2) is 29.5 Å². The normalized spacial score (nSPS) is 11.0. The molecule has 1 amide bonds. The van der Waals surface area contributed by atoms with Gasteiger partial charge in [0.05, 0.1) is 5.41 Å². The molecule has 0 saturated carbocycles. The van der Waals surface area contributed by atoms with Gasteiger partial charge in [0, 0.05) is 19.2 Å². The van der Waals surface area contributed by atoms with Crippen molar-refractivity contribution < 1.29 is 4.79 Å². The molecule has 1 aromatic heterocycles. The van der Waals surface area contributed by atoms with Crippen molar-refractivity contribution in [2.75, 3.05) is 24.3 Å². The second kappa shape index (κ2) is 6.33. The lowest BCUT2D eigenvalue weighted by molar-refractivity contribution is -0.128. The van der Waals surface area contributed by atoms with Gasteiger partial charge in [0.25, 0.3) is 0 Å². The van der Waals surface area contributed by atoms with Gasteiger partial charge < -0.3 is 16.1 Å². The van der Waals surface area contributed by atoms with Crippen molar-refractivity contribution in [3.05, 3.63) is 11.9 Å². The maximum absolute atomic E-state index is 11.7. The van der Waals surface area contributed by atoms with Crippen molar-refractivity contribution >= 4 is 17.5 Å². The summed E-state index contributed by atoms with van der Waals surface area (Å²) in [7, 11) is 1.63. The Morgan fingerprint density at radius 2 is 2.00 bits per heavy atom. The number of aromatic nitrogens is 2. The van der Waals surface area contributed by atoms with Gasteiger partial charge in [-0.2, -0.15) is 0 Å². The fraction of sp³-hybridized carbons (Fsp3) is 0.583. The molecule has 0 atom stereocenters. The number of hydrogen-bond acceptors (Lipinski definition) is 6. The first kappa shape index (κ1) is 15.2. The average Bonchev–Trinajstić information content (AvgIpc) is 2.43. The SMILES string of the molecule is CCc1c(NN)ncnc1NCC(C)(C)C(=O)NC. The van der Waals surface area contributed by atoms with Crippen LogP contribution in [0.15, 0.2) is 6.33 Å². The highest BCUT2D eigenvalue weighted by molar-refractivity contribution is 5.82. The van der Waals surface area contributed by atoms with E-state index in [9.17, 15) is 4.79 Å². The average molecular weight is 266 g/mol. The first-order chi connectivity index (χ1) is 8.96. The Labute approximate surface area is 113 Å². The fourth-order valence-electron chi connectivity index (χ4n) is 1.75. The van der Waals surface area contributed by atoms with Crippen LogP contribution >= 0.6 is 0 Å². The van der Waals surface area contributed by atoms with Crippen LogP contribution < -0.4 is 21.9 Å². The number of nitrogens with zero attached hydrogens (tertiary/aromatic N) is 2. The summed E-state index contributed by atoms with van der Waals surface area (Å²) in [6.45, 7) is 6.21. The smallest absolute Gasteiger partial charge is 0.227 e. The molecule has 0 aliphatic heterocycles. The van der Waals surface area contributed by atoms with Gasteiger partial charge in [0.15, 0.2) is 0 Å². The highest BCUT2D eigenvalue weighted by Crippen LogP contribution is 2.22. The van der Waals surface area contributed by atoms with Gasteiger partial charge in [-0.15, -0.1) is 0 Å². The summed E-state index contributed by atoms with van der Waals surface area (Å²) < 4.78 is 0. The summed E-state index contributed by atoms with van der Waals surface area (Å²) >= 11 is 0. The summed E-state index contributed by atoms with van der Waals surface area (Å²) in [6.07, 6.45) is 2.17. The van der Waals surface area contributed by atoms with E-state index in [1.54, 1.807) is 7.05 Å². The molecule has 19 heavy (non-hydrogen) atoms. The van der Waals surface area contributed by atoms with Crippen LogP contribution in [0.1, 0.15) is 26.3 Å². The molecule has 0 fully saturated rings. The van der Waals surface area contributed by atoms with E-state index in [-0.39, 0.29) is 5.91 Å². The minimum atomic E-state index is -0.527. The topological polar surface area (TPSA) is 105 Å². The second-order valence-electron chi connectivity index (χ2n) is 4.86. The molecule has 0 bridgehead atoms. The van der Waals surface area contributed by atoms with E-state index >= 15 is 0 Å². The van der Waals surface area contributed by atoms with Gasteiger partial charge in [-0.1, -0.05) is 6.92 Å². The molecule has 7 nitrogen and oxygen atoms in total. The van der Waals surface area contributed by atoms with Crippen LogP contribution in [0.25, 0.3) is 0 Å². The first-order valence-corrected chi connectivity index (χ1v) is 6.22. The molecule has 1 rings (SSSR count). The number of amides is 1. The third-order valence-electron chi connectivity index (χ3n) is 2.98. The Kier molecular flexibility index (Phi) is 5.05. The van der Waals surface area contributed by atoms with Gasteiger partial charge in [0.1, 0.15) is 18.0 Å². The zero-order valence-corrected chi connectivity index (χ0v) is 11.9. The van der Waals surface area contributed by atoms with Gasteiger partial charge >= 0.3 is 0 Å². The van der Waals surface area contributed by atoms with Gasteiger partial charge in [-0.3, -0.25) is 4.79 Å². The molecule has 0 aliphatic rings. The Morgan fingerprint density at radius 3 is 2.53 bits per heavy atom. The van der Waals surface area contributed by atoms with E-state index in [0.29, 0.717) is 18.2 Å². The summed E-state index contributed by atoms with van der Waals surface area (Å²) in [5, 5.41) is 5.84. The predicted molar refractivity (Wildman–Crippen MR) is 75.6 cm³/mol. The minimum Gasteiger partial charge on any atom is -0.369 e. The molecule has 0 spiro atoms. The summed E-state index contributed by atoms with van der Waals surface area (Å²) in [6, 6.07) is 0. The van der Waals surface area contributed by atoms with Gasteiger partial charge in [-0.05, 0) is 20.3 Å². The van der Waals surface area contributed by atoms with E-state index in [0.717, 1.165) is 12.0 Å². The quantitative estimate of drug-likeness (QED) is 0.442. The minimum absolute atomic E-state index is 0.0238. The Hall–Kier alpha value is -1.89. The predicted octanol–water partition coefficient (Wildman–Crippen LogP) is 0.509. The fourth-order valence-corrected chi connectivity index (χ4v) is 1.75. The number of anilines is 2. The van der Waals surface area contributed by atoms with Crippen molar-refractivity contribution in [1.29, 1.82) is 0 Å². The molecular weight excluding hydrogens is 244 g/mol. The molecule has 0 unspecified atom stereocenters. The van der Waals surface area contributed by atoms with E-state index in [1.807, 2.05) is 20.8 Å². The summed E-state index contributed by atoms with van der Waals surface area (Å²) in [5.41, 5.74) is 2.92. The monoisotopic (exact) mass is 266 g/mol. The molecule has 1 aromatic rings. The molecular formula is C12H22N6O. The molecule has 5 N–H and O–H groups in total. The summed E-state index contributed by atoms with van der Waals surface area (Å²) in [5.74, 6) is 6.68. The number of hydrazine groups is 1. The van der Waals surface area contributed by atoms with Crippen LogP contribution in [0.5, 0.6) is 0 Å². The molecule has 0 aromatic carbocycles. The van der Waals surface area contributed by atoms with Crippen LogP contribution in [0.4, 0.5) is 11.6 Å². The third-order valence-corrected chi connectivity index (χ3v) is 2.98. The van der Waals surface area contributed by atoms with Crippen molar-refractivity contribution in [2.45, 2.75) is 27.2 Å². The molecule has 7 heteroatoms. The van der Waals surface area contributed by atoms with Gasteiger partial charge in [0.2, 0.25) is 5.91 Å². The lowest BCUT2D eigenvalue weighted by Gasteiger charge is -2.24. The Balaban J connectivity index is 2.86. The van der Waals surface area contributed by atoms with E-state index in [1.165, 1.54) is 6.33 Å². The highest BCUT2D eigenvalue weighted by Gasteiger charge is 2.26. The standard InChI is InChI=1S/C12H22N6O/c1-5-8-9(16-7-17-10(8)18-13)15-6-12(2,3)11(19)14-4/h7H,5-6,13H2,1-4H3,(H,14,19)(H2,15,16,17,18). The molecule has 1 heterocycles. The lowest BCUT2D eigenvalue weighted by Crippen LogP contribution is -2.39. The lowest BCUT2D eigenvalue weighted by atomic mass is 9.92. The van der Waals surface area contributed by atoms with Crippen LogP contribution in [0, 0.1) is 5.41 Å². The molecule has 0 radical (unpaired) electrons. The molecule has 0 aliphatic carbocycles. The maximum atomic E-state index is 11.7. The summed E-state index contributed by atoms with van der Waals surface area (Å²) in [4.78, 5) is 20.0. The third kappa shape index (κ3) is 3.54. The number of nitrogens with two attached hydrogens (primary N) is 1. The van der Waals surface area contributed by atoms with E-state index in [2.05, 4.69) is 26.0 Å². The van der Waals surface area contributed by atoms with Gasteiger partial charge in [-0.25, -0.2) is 15.8 Å². The Bertz CT molecular complexity index is 446. The van der Waals surface area contributed by atoms with E-state index < -0.39 is 5.41 Å². The number of nitrogens with one attached hydrogen (secondary N) is 3. The van der Waals surface area contributed by atoms with Crippen molar-refractivity contribution in [3.8, 4) is 0 Å². The number of nitrogen functional groups attached to an aromatic ring is 1. The number of carbonyl (C=O) groups is 1. The molecule has 0 saturated heterocycles. The highest BCUT2D eigenvalue weighted by atomic mass is 16.2. The van der Waals surface area contributed by atoms with E-state index in [4.69, 9.17) is 5.84 Å². The first-order valence-electron chi connectivity index (χ1n) is 6.22. The van der Waals surface area contributed by atoms with Crippen molar-refractivity contribution in [1.82, 2.24) is 15.3 Å². The number of rotatable bonds is 6. The largest absolute Gasteiger partial charge is 0.369 e. The van der Waals surface area contributed by atoms with Crippen molar-refractivity contribution in [3.63, 3.8) is 0 Å². The van der Waals surface area contributed by atoms with Crippen LogP contribution in [-0.2, 0) is 11.2 Å². The van der Waals surface area contributed by atoms with Crippen molar-refractivity contribution in [2.24, 2.45) is 11.3 Å². The van der Waals surface area contributed by atoms with Crippen LogP contribution in [0.3, 0.4) is 0 Å². The van der Waals surface area contributed by atoms with Crippen LogP contribution in [0.2, 0.25) is 0 Å². The zero-order valence-electron chi connectivity index (χ0n) is 11.9.